The number of nitrogens with zero attached hydrogens (tertiary/aromatic N) is 2. The van der Waals surface area contributed by atoms with Crippen LogP contribution < -0.4 is 10.6 Å². The lowest BCUT2D eigenvalue weighted by Gasteiger charge is -2.13. The van der Waals surface area contributed by atoms with E-state index in [-0.39, 0.29) is 24.7 Å². The van der Waals surface area contributed by atoms with Crippen LogP contribution in [0.25, 0.3) is 0 Å². The number of hydrogen-bond acceptors (Lipinski definition) is 4. The summed E-state index contributed by atoms with van der Waals surface area (Å²) in [6, 6.07) is 12.3. The SMILES string of the molecule is O=C(CCC1NC(=O)N(CCc2ccccc2)C1=O)NCc1cccnc1. The maximum absolute atomic E-state index is 12.4. The molecule has 1 atom stereocenters. The van der Waals surface area contributed by atoms with E-state index in [2.05, 4.69) is 15.6 Å². The van der Waals surface area contributed by atoms with Crippen LogP contribution in [0.15, 0.2) is 54.9 Å². The van der Waals surface area contributed by atoms with E-state index < -0.39 is 12.1 Å². The summed E-state index contributed by atoms with van der Waals surface area (Å²) in [5.74, 6) is -0.431. The monoisotopic (exact) mass is 366 g/mol. The highest BCUT2D eigenvalue weighted by molar-refractivity contribution is 6.04. The van der Waals surface area contributed by atoms with Gasteiger partial charge in [-0.05, 0) is 30.0 Å². The highest BCUT2D eigenvalue weighted by Crippen LogP contribution is 2.13. The van der Waals surface area contributed by atoms with Crippen molar-refractivity contribution in [1.82, 2.24) is 20.5 Å². The van der Waals surface area contributed by atoms with Gasteiger partial charge in [0.1, 0.15) is 6.04 Å². The normalized spacial score (nSPS) is 16.3. The van der Waals surface area contributed by atoms with E-state index in [0.29, 0.717) is 19.5 Å². The molecule has 27 heavy (non-hydrogen) atoms. The summed E-state index contributed by atoms with van der Waals surface area (Å²) < 4.78 is 0. The first-order valence-electron chi connectivity index (χ1n) is 8.95. The number of aromatic nitrogens is 1. The first-order valence-corrected chi connectivity index (χ1v) is 8.95. The van der Waals surface area contributed by atoms with Crippen LogP contribution in [0.3, 0.4) is 0 Å². The Balaban J connectivity index is 1.43. The van der Waals surface area contributed by atoms with Gasteiger partial charge < -0.3 is 10.6 Å². The number of rotatable bonds is 8. The molecule has 2 aromatic rings. The minimum Gasteiger partial charge on any atom is -0.352 e. The van der Waals surface area contributed by atoms with Crippen molar-refractivity contribution < 1.29 is 14.4 Å². The Morgan fingerprint density at radius 2 is 1.89 bits per heavy atom. The molecule has 1 fully saturated rings. The molecule has 0 bridgehead atoms. The van der Waals surface area contributed by atoms with Crippen molar-refractivity contribution in [3.8, 4) is 0 Å². The standard InChI is InChI=1S/C20H22N4O3/c25-18(22-14-16-7-4-11-21-13-16)9-8-17-19(26)24(20(27)23-17)12-10-15-5-2-1-3-6-15/h1-7,11,13,17H,8-10,12,14H2,(H,22,25)(H,23,27). The third-order valence-electron chi connectivity index (χ3n) is 4.45. The highest BCUT2D eigenvalue weighted by Gasteiger charge is 2.37. The molecule has 7 heteroatoms. The van der Waals surface area contributed by atoms with E-state index in [4.69, 9.17) is 0 Å². The summed E-state index contributed by atoms with van der Waals surface area (Å²) in [6.07, 6.45) is 4.42. The molecule has 4 amide bonds. The summed E-state index contributed by atoms with van der Waals surface area (Å²) >= 11 is 0. The zero-order valence-corrected chi connectivity index (χ0v) is 14.9. The third kappa shape index (κ3) is 5.13. The zero-order chi connectivity index (χ0) is 19.1. The lowest BCUT2D eigenvalue weighted by Crippen LogP contribution is -2.34. The van der Waals surface area contributed by atoms with Gasteiger partial charge in [-0.3, -0.25) is 19.5 Å². The maximum atomic E-state index is 12.4. The number of hydrogen-bond donors (Lipinski definition) is 2. The van der Waals surface area contributed by atoms with Gasteiger partial charge in [0.25, 0.3) is 5.91 Å². The average Bonchev–Trinajstić information content (AvgIpc) is 2.97. The number of amides is 4. The van der Waals surface area contributed by atoms with Crippen LogP contribution in [0.1, 0.15) is 24.0 Å². The molecule has 0 spiro atoms. The molecular weight excluding hydrogens is 344 g/mol. The first-order chi connectivity index (χ1) is 13.1. The van der Waals surface area contributed by atoms with Crippen molar-refractivity contribution in [2.45, 2.75) is 31.8 Å². The number of nitrogens with one attached hydrogen (secondary N) is 2. The highest BCUT2D eigenvalue weighted by atomic mass is 16.2. The first kappa shape index (κ1) is 18.6. The number of carbonyl (C=O) groups is 3. The number of carbonyl (C=O) groups excluding carboxylic acids is 3. The molecule has 0 radical (unpaired) electrons. The maximum Gasteiger partial charge on any atom is 0.324 e. The van der Waals surface area contributed by atoms with Gasteiger partial charge in [0.15, 0.2) is 0 Å². The lowest BCUT2D eigenvalue weighted by atomic mass is 10.1. The van der Waals surface area contributed by atoms with Crippen molar-refractivity contribution in [3.63, 3.8) is 0 Å². The molecule has 140 valence electrons. The van der Waals surface area contributed by atoms with Crippen LogP contribution in [0.2, 0.25) is 0 Å². The van der Waals surface area contributed by atoms with E-state index in [1.807, 2.05) is 36.4 Å². The Labute approximate surface area is 157 Å². The summed E-state index contributed by atoms with van der Waals surface area (Å²) in [7, 11) is 0. The Morgan fingerprint density at radius 1 is 1.11 bits per heavy atom. The molecule has 1 aromatic heterocycles. The van der Waals surface area contributed by atoms with Crippen LogP contribution in [0, 0.1) is 0 Å². The smallest absolute Gasteiger partial charge is 0.324 e. The van der Waals surface area contributed by atoms with Crippen molar-refractivity contribution in [2.24, 2.45) is 0 Å². The fourth-order valence-corrected chi connectivity index (χ4v) is 2.94. The minimum atomic E-state index is -0.641. The van der Waals surface area contributed by atoms with Gasteiger partial charge in [-0.2, -0.15) is 0 Å². The molecule has 0 saturated carbocycles. The molecule has 7 nitrogen and oxygen atoms in total. The van der Waals surface area contributed by atoms with Gasteiger partial charge in [-0.1, -0.05) is 36.4 Å². The lowest BCUT2D eigenvalue weighted by molar-refractivity contribution is -0.127. The predicted octanol–water partition coefficient (Wildman–Crippen LogP) is 1.64. The Kier molecular flexibility index (Phi) is 6.14. The van der Waals surface area contributed by atoms with Gasteiger partial charge in [-0.15, -0.1) is 0 Å². The van der Waals surface area contributed by atoms with Crippen molar-refractivity contribution >= 4 is 17.8 Å². The molecule has 1 aliphatic heterocycles. The molecule has 3 rings (SSSR count). The van der Waals surface area contributed by atoms with Gasteiger partial charge in [-0.25, -0.2) is 4.79 Å². The fourth-order valence-electron chi connectivity index (χ4n) is 2.94. The van der Waals surface area contributed by atoms with Crippen molar-refractivity contribution in [3.05, 3.63) is 66.0 Å². The Bertz CT molecular complexity index is 795. The van der Waals surface area contributed by atoms with E-state index in [1.165, 1.54) is 4.90 Å². The Morgan fingerprint density at radius 3 is 2.63 bits per heavy atom. The minimum absolute atomic E-state index is 0.163. The van der Waals surface area contributed by atoms with Crippen LogP contribution in [0.4, 0.5) is 4.79 Å². The molecule has 0 aliphatic carbocycles. The van der Waals surface area contributed by atoms with Gasteiger partial charge in [0.2, 0.25) is 5.91 Å². The molecule has 2 heterocycles. The van der Waals surface area contributed by atoms with Crippen LogP contribution >= 0.6 is 0 Å². The van der Waals surface area contributed by atoms with E-state index in [1.54, 1.807) is 18.5 Å². The molecule has 1 saturated heterocycles. The Hall–Kier alpha value is -3.22. The predicted molar refractivity (Wildman–Crippen MR) is 99.5 cm³/mol. The van der Waals surface area contributed by atoms with Gasteiger partial charge >= 0.3 is 6.03 Å². The topological polar surface area (TPSA) is 91.4 Å². The van der Waals surface area contributed by atoms with E-state index >= 15 is 0 Å². The molecule has 1 aromatic carbocycles. The van der Waals surface area contributed by atoms with E-state index in [0.717, 1.165) is 11.1 Å². The second-order valence-electron chi connectivity index (χ2n) is 6.40. The summed E-state index contributed by atoms with van der Waals surface area (Å²) in [6.45, 7) is 0.721. The number of pyridine rings is 1. The third-order valence-corrected chi connectivity index (χ3v) is 4.45. The summed E-state index contributed by atoms with van der Waals surface area (Å²) in [5.41, 5.74) is 1.97. The molecular formula is C20H22N4O3. The molecule has 2 N–H and O–H groups in total. The van der Waals surface area contributed by atoms with Crippen LogP contribution in [-0.2, 0) is 22.6 Å². The zero-order valence-electron chi connectivity index (χ0n) is 14.9. The van der Waals surface area contributed by atoms with Crippen molar-refractivity contribution in [1.29, 1.82) is 0 Å². The second kappa shape index (κ2) is 8.93. The van der Waals surface area contributed by atoms with Crippen molar-refractivity contribution in [2.75, 3.05) is 6.54 Å². The van der Waals surface area contributed by atoms with Crippen LogP contribution in [-0.4, -0.2) is 40.3 Å². The quantitative estimate of drug-likeness (QED) is 0.695. The second-order valence-corrected chi connectivity index (χ2v) is 6.40. The summed E-state index contributed by atoms with van der Waals surface area (Å²) in [4.78, 5) is 41.7. The molecule has 1 aliphatic rings. The van der Waals surface area contributed by atoms with Gasteiger partial charge in [0.05, 0.1) is 0 Å². The number of imide groups is 1. The van der Waals surface area contributed by atoms with Crippen LogP contribution in [0.5, 0.6) is 0 Å². The number of urea groups is 1. The molecule has 1 unspecified atom stereocenters. The summed E-state index contributed by atoms with van der Waals surface area (Å²) in [5, 5.41) is 5.46. The average molecular weight is 366 g/mol. The fraction of sp³-hybridized carbons (Fsp3) is 0.300. The van der Waals surface area contributed by atoms with Gasteiger partial charge in [0, 0.05) is 31.9 Å². The largest absolute Gasteiger partial charge is 0.352 e. The van der Waals surface area contributed by atoms with E-state index in [9.17, 15) is 14.4 Å². The number of benzene rings is 1.